The van der Waals surface area contributed by atoms with E-state index in [0.29, 0.717) is 6.92 Å². The summed E-state index contributed by atoms with van der Waals surface area (Å²) < 4.78 is 86.7. The molecule has 0 rings (SSSR count). The number of alkyl halides is 7. The Hall–Kier alpha value is -0.530. The first-order valence-electron chi connectivity index (χ1n) is 3.47. The number of hydrogen-bond donors (Lipinski definition) is 0. The van der Waals surface area contributed by atoms with Gasteiger partial charge in [-0.25, -0.2) is 9.13 Å². The number of halogens is 7. The van der Waals surface area contributed by atoms with E-state index in [4.69, 9.17) is 0 Å². The highest BCUT2D eigenvalue weighted by Crippen LogP contribution is 2.41. The van der Waals surface area contributed by atoms with Gasteiger partial charge in [0.05, 0.1) is 0 Å². The minimum absolute atomic E-state index is 0.658. The summed E-state index contributed by atoms with van der Waals surface area (Å²) in [5, 5.41) is 0. The van der Waals surface area contributed by atoms with Gasteiger partial charge in [0.15, 0.2) is 6.67 Å². The topological polar surface area (TPSA) is 9.23 Å². The molecule has 0 amide bonds. The predicted molar refractivity (Wildman–Crippen MR) is 32.2 cm³/mol. The molecule has 1 nitrogen and oxygen atoms in total. The second kappa shape index (κ2) is 3.92. The fourth-order valence-corrected chi connectivity index (χ4v) is 0.495. The zero-order valence-electron chi connectivity index (χ0n) is 6.97. The van der Waals surface area contributed by atoms with Crippen molar-refractivity contribution in [2.24, 2.45) is 0 Å². The summed E-state index contributed by atoms with van der Waals surface area (Å²) in [5.74, 6) is -4.76. The van der Waals surface area contributed by atoms with Crippen molar-refractivity contribution in [3.63, 3.8) is 0 Å². The second-order valence-corrected chi connectivity index (χ2v) is 2.45. The van der Waals surface area contributed by atoms with E-state index in [0.717, 1.165) is 0 Å². The van der Waals surface area contributed by atoms with Gasteiger partial charge in [-0.1, -0.05) is 6.92 Å². The number of ether oxygens (including phenoxy) is 1. The van der Waals surface area contributed by atoms with Crippen molar-refractivity contribution >= 4 is 0 Å². The van der Waals surface area contributed by atoms with Gasteiger partial charge < -0.3 is 0 Å². The average molecular weight is 228 g/mol. The molecule has 0 aliphatic heterocycles. The van der Waals surface area contributed by atoms with Gasteiger partial charge in [0.2, 0.25) is 0 Å². The van der Waals surface area contributed by atoms with E-state index in [1.807, 2.05) is 0 Å². The highest BCUT2D eigenvalue weighted by atomic mass is 19.3. The second-order valence-electron chi connectivity index (χ2n) is 2.45. The SMILES string of the molecule is CCC(F)(F)C(F)(F)OC(F)(F)CF. The van der Waals surface area contributed by atoms with E-state index in [1.54, 1.807) is 0 Å². The van der Waals surface area contributed by atoms with Crippen LogP contribution in [-0.4, -0.2) is 24.8 Å². The Labute approximate surface area is 74.8 Å². The van der Waals surface area contributed by atoms with Crippen molar-refractivity contribution in [2.75, 3.05) is 6.67 Å². The van der Waals surface area contributed by atoms with Gasteiger partial charge in [0, 0.05) is 6.42 Å². The van der Waals surface area contributed by atoms with Gasteiger partial charge in [-0.05, 0) is 0 Å². The van der Waals surface area contributed by atoms with Crippen molar-refractivity contribution in [1.82, 2.24) is 0 Å². The summed E-state index contributed by atoms with van der Waals surface area (Å²) in [7, 11) is 0. The molecule has 0 bridgehead atoms. The van der Waals surface area contributed by atoms with Crippen LogP contribution >= 0.6 is 0 Å². The minimum atomic E-state index is -5.39. The first kappa shape index (κ1) is 13.5. The normalized spacial score (nSPS) is 14.6. The number of hydrogen-bond acceptors (Lipinski definition) is 1. The van der Waals surface area contributed by atoms with Gasteiger partial charge in [-0.2, -0.15) is 26.3 Å². The summed E-state index contributed by atoms with van der Waals surface area (Å²) in [6, 6.07) is 0. The van der Waals surface area contributed by atoms with Crippen LogP contribution in [0.15, 0.2) is 0 Å². The van der Waals surface area contributed by atoms with Gasteiger partial charge in [-0.15, -0.1) is 0 Å². The van der Waals surface area contributed by atoms with Crippen LogP contribution in [0.1, 0.15) is 13.3 Å². The van der Waals surface area contributed by atoms with E-state index < -0.39 is 31.2 Å². The Morgan fingerprint density at radius 3 is 1.71 bits per heavy atom. The van der Waals surface area contributed by atoms with Crippen LogP contribution in [0.2, 0.25) is 0 Å². The Balaban J connectivity index is 4.64. The van der Waals surface area contributed by atoms with Crippen LogP contribution < -0.4 is 0 Å². The molecule has 0 aromatic carbocycles. The Morgan fingerprint density at radius 2 is 1.43 bits per heavy atom. The fourth-order valence-electron chi connectivity index (χ4n) is 0.495. The first-order chi connectivity index (χ1) is 6.08. The van der Waals surface area contributed by atoms with Gasteiger partial charge in [0.1, 0.15) is 0 Å². The van der Waals surface area contributed by atoms with E-state index >= 15 is 0 Å². The average Bonchev–Trinajstić information content (AvgIpc) is 2.02. The van der Waals surface area contributed by atoms with E-state index in [1.165, 1.54) is 0 Å². The molecule has 0 saturated heterocycles. The first-order valence-corrected chi connectivity index (χ1v) is 3.47. The van der Waals surface area contributed by atoms with E-state index in [-0.39, 0.29) is 0 Å². The zero-order valence-corrected chi connectivity index (χ0v) is 6.97. The van der Waals surface area contributed by atoms with Gasteiger partial charge in [-0.3, -0.25) is 0 Å². The molecule has 0 saturated carbocycles. The quantitative estimate of drug-likeness (QED) is 0.656. The minimum Gasteiger partial charge on any atom is -0.248 e. The lowest BCUT2D eigenvalue weighted by molar-refractivity contribution is -0.432. The highest BCUT2D eigenvalue weighted by Gasteiger charge is 2.61. The maximum Gasteiger partial charge on any atom is 0.423 e. The summed E-state index contributed by atoms with van der Waals surface area (Å²) in [4.78, 5) is 0. The molecule has 0 atom stereocenters. The molecule has 0 heterocycles. The van der Waals surface area contributed by atoms with Crippen LogP contribution in [0.3, 0.4) is 0 Å². The summed E-state index contributed by atoms with van der Waals surface area (Å²) >= 11 is 0. The van der Waals surface area contributed by atoms with Gasteiger partial charge >= 0.3 is 18.1 Å². The maximum atomic E-state index is 12.3. The molecule has 0 aromatic rings. The lowest BCUT2D eigenvalue weighted by atomic mass is 10.2. The third-order valence-electron chi connectivity index (χ3n) is 1.30. The fraction of sp³-hybridized carbons (Fsp3) is 1.00. The van der Waals surface area contributed by atoms with E-state index in [9.17, 15) is 30.7 Å². The van der Waals surface area contributed by atoms with Gasteiger partial charge in [0.25, 0.3) is 0 Å². The molecule has 0 unspecified atom stereocenters. The van der Waals surface area contributed by atoms with Crippen LogP contribution in [0.4, 0.5) is 30.7 Å². The molecule has 0 radical (unpaired) electrons. The molecule has 0 spiro atoms. The summed E-state index contributed by atoms with van der Waals surface area (Å²) in [6.45, 7) is -1.94. The molecule has 0 N–H and O–H groups in total. The predicted octanol–water partition coefficient (Wildman–Crippen LogP) is 3.20. The number of rotatable bonds is 5. The molecule has 86 valence electrons. The van der Waals surface area contributed by atoms with Crippen molar-refractivity contribution in [3.8, 4) is 0 Å². The standard InChI is InChI=1S/C6H7F7O/c1-2-4(8,9)6(12,13)14-5(10,11)3-7/h2-3H2,1H3. The molecule has 14 heavy (non-hydrogen) atoms. The Bertz CT molecular complexity index is 191. The molecular weight excluding hydrogens is 221 g/mol. The van der Waals surface area contributed by atoms with E-state index in [2.05, 4.69) is 4.74 Å². The zero-order chi connectivity index (χ0) is 11.6. The molecule has 8 heteroatoms. The lowest BCUT2D eigenvalue weighted by Crippen LogP contribution is -2.47. The monoisotopic (exact) mass is 228 g/mol. The molecule has 0 fully saturated rings. The largest absolute Gasteiger partial charge is 0.423 e. The van der Waals surface area contributed by atoms with Crippen LogP contribution in [0.5, 0.6) is 0 Å². The Kier molecular flexibility index (Phi) is 3.77. The van der Waals surface area contributed by atoms with Crippen molar-refractivity contribution < 1.29 is 35.5 Å². The third-order valence-corrected chi connectivity index (χ3v) is 1.30. The molecular formula is C6H7F7O. The Morgan fingerprint density at radius 1 is 1.00 bits per heavy atom. The van der Waals surface area contributed by atoms with Crippen LogP contribution in [0.25, 0.3) is 0 Å². The molecule has 0 aliphatic rings. The molecule has 0 aliphatic carbocycles. The summed E-state index contributed by atoms with van der Waals surface area (Å²) in [6.07, 6.45) is -11.7. The smallest absolute Gasteiger partial charge is 0.248 e. The maximum absolute atomic E-state index is 12.3. The van der Waals surface area contributed by atoms with Crippen molar-refractivity contribution in [3.05, 3.63) is 0 Å². The van der Waals surface area contributed by atoms with Crippen molar-refractivity contribution in [2.45, 2.75) is 31.5 Å². The van der Waals surface area contributed by atoms with Crippen LogP contribution in [0, 0.1) is 0 Å². The van der Waals surface area contributed by atoms with Crippen molar-refractivity contribution in [1.29, 1.82) is 0 Å². The molecule has 0 aromatic heterocycles. The van der Waals surface area contributed by atoms with Crippen LogP contribution in [-0.2, 0) is 4.74 Å². The summed E-state index contributed by atoms with van der Waals surface area (Å²) in [5.41, 5.74) is 0. The third kappa shape index (κ3) is 3.00. The highest BCUT2D eigenvalue weighted by molar-refractivity contribution is 4.76. The lowest BCUT2D eigenvalue weighted by Gasteiger charge is -2.27.